The molecule has 1 fully saturated rings. The molecule has 4 aromatic rings. The third-order valence-corrected chi connectivity index (χ3v) is 4.98. The highest BCUT2D eigenvalue weighted by Crippen LogP contribution is 2.39. The Morgan fingerprint density at radius 3 is 2.87 bits per heavy atom. The molecule has 1 aliphatic heterocycles. The Kier molecular flexibility index (Phi) is 4.19. The van der Waals surface area contributed by atoms with Gasteiger partial charge in [0.1, 0.15) is 17.7 Å². The highest BCUT2D eigenvalue weighted by Gasteiger charge is 2.27. The number of hydrogen-bond acceptors (Lipinski definition) is 6. The summed E-state index contributed by atoms with van der Waals surface area (Å²) in [5, 5.41) is 13.8. The number of pyridine rings is 1. The normalized spacial score (nSPS) is 16.2. The summed E-state index contributed by atoms with van der Waals surface area (Å²) in [7, 11) is 0. The van der Waals surface area contributed by atoms with Crippen molar-refractivity contribution < 1.29 is 18.0 Å². The highest BCUT2D eigenvalue weighted by atomic mass is 19.1. The fourth-order valence-electron chi connectivity index (χ4n) is 3.57. The van der Waals surface area contributed by atoms with Crippen LogP contribution in [0.25, 0.3) is 33.7 Å². The largest absolute Gasteiger partial charge is 0.403 e. The predicted molar refractivity (Wildman–Crippen MR) is 105 cm³/mol. The van der Waals surface area contributed by atoms with E-state index in [0.717, 1.165) is 11.6 Å². The van der Waals surface area contributed by atoms with Crippen LogP contribution in [-0.2, 0) is 4.79 Å². The van der Waals surface area contributed by atoms with Gasteiger partial charge in [0.15, 0.2) is 0 Å². The lowest BCUT2D eigenvalue weighted by atomic mass is 10.1. The van der Waals surface area contributed by atoms with Crippen LogP contribution >= 0.6 is 0 Å². The summed E-state index contributed by atoms with van der Waals surface area (Å²) in [6.07, 6.45) is 2.20. The molecule has 30 heavy (non-hydrogen) atoms. The molecule has 1 saturated heterocycles. The van der Waals surface area contributed by atoms with Gasteiger partial charge in [-0.15, -0.1) is 5.10 Å². The summed E-state index contributed by atoms with van der Waals surface area (Å²) in [4.78, 5) is 19.1. The number of rotatable bonds is 4. The molecule has 8 nitrogen and oxygen atoms in total. The molecule has 0 spiro atoms. The van der Waals surface area contributed by atoms with Gasteiger partial charge in [0.2, 0.25) is 5.91 Å². The first kappa shape index (κ1) is 18.2. The number of aromatic nitrogens is 4. The third-order valence-electron chi connectivity index (χ3n) is 4.98. The van der Waals surface area contributed by atoms with Crippen LogP contribution in [0.4, 0.5) is 14.8 Å². The smallest absolute Gasteiger partial charge is 0.316 e. The van der Waals surface area contributed by atoms with E-state index in [1.54, 1.807) is 12.3 Å². The molecule has 0 saturated carbocycles. The van der Waals surface area contributed by atoms with Gasteiger partial charge >= 0.3 is 6.01 Å². The lowest BCUT2D eigenvalue weighted by Gasteiger charge is -2.05. The molecule has 0 unspecified atom stereocenters. The second-order valence-electron chi connectivity index (χ2n) is 7.09. The third kappa shape index (κ3) is 3.06. The van der Waals surface area contributed by atoms with Crippen LogP contribution in [0.3, 0.4) is 0 Å². The number of amides is 1. The minimum absolute atomic E-state index is 0.0430. The molecule has 0 aliphatic carbocycles. The lowest BCUT2D eigenvalue weighted by molar-refractivity contribution is -0.119. The Bertz CT molecular complexity index is 1280. The first-order valence-corrected chi connectivity index (χ1v) is 9.31. The van der Waals surface area contributed by atoms with Crippen LogP contribution in [0.15, 0.2) is 34.9 Å². The minimum Gasteiger partial charge on any atom is -0.403 e. The molecule has 3 N–H and O–H groups in total. The van der Waals surface area contributed by atoms with Crippen molar-refractivity contribution in [2.45, 2.75) is 19.4 Å². The van der Waals surface area contributed by atoms with E-state index in [9.17, 15) is 13.6 Å². The number of nitrogens with zero attached hydrogens (tertiary/aromatic N) is 3. The number of halogens is 2. The maximum Gasteiger partial charge on any atom is 0.316 e. The van der Waals surface area contributed by atoms with Crippen LogP contribution in [0, 0.1) is 18.6 Å². The molecule has 0 bridgehead atoms. The molecule has 0 radical (unpaired) electrons. The van der Waals surface area contributed by atoms with E-state index in [2.05, 4.69) is 30.8 Å². The standard InChI is InChI=1S/C20H16F2N6O2/c1-9-2-4-23-14(6-9)17-15(11-7-10(21)8-12(22)16(11)26-17)19-27-28-20(30-19)25-13-3-5-24-18(13)29/h2,4,6-8,13,26H,3,5H2,1H3,(H,24,29)(H,25,28)/t13-/m0/s1. The second kappa shape index (κ2) is 6.90. The van der Waals surface area contributed by atoms with E-state index >= 15 is 0 Å². The van der Waals surface area contributed by atoms with E-state index in [1.807, 2.05) is 13.0 Å². The number of carbonyl (C=O) groups is 1. The molecule has 1 atom stereocenters. The number of fused-ring (bicyclic) bond motifs is 1. The number of anilines is 1. The molecule has 4 heterocycles. The van der Waals surface area contributed by atoms with Gasteiger partial charge in [-0.05, 0) is 37.1 Å². The fraction of sp³-hybridized carbons (Fsp3) is 0.200. The van der Waals surface area contributed by atoms with Gasteiger partial charge in [-0.1, -0.05) is 5.10 Å². The zero-order chi connectivity index (χ0) is 20.8. The quantitative estimate of drug-likeness (QED) is 0.477. The molecule has 1 aromatic carbocycles. The topological polar surface area (TPSA) is 109 Å². The van der Waals surface area contributed by atoms with Gasteiger partial charge in [0, 0.05) is 24.2 Å². The molecule has 10 heteroatoms. The maximum absolute atomic E-state index is 14.5. The van der Waals surface area contributed by atoms with Crippen molar-refractivity contribution in [3.8, 4) is 22.8 Å². The van der Waals surface area contributed by atoms with Crippen molar-refractivity contribution in [1.82, 2.24) is 25.5 Å². The maximum atomic E-state index is 14.5. The lowest BCUT2D eigenvalue weighted by Crippen LogP contribution is -2.29. The summed E-state index contributed by atoms with van der Waals surface area (Å²) >= 11 is 0. The summed E-state index contributed by atoms with van der Waals surface area (Å²) in [5.41, 5.74) is 2.32. The number of nitrogens with one attached hydrogen (secondary N) is 3. The number of H-pyrrole nitrogens is 1. The van der Waals surface area contributed by atoms with E-state index in [-0.39, 0.29) is 28.7 Å². The van der Waals surface area contributed by atoms with Crippen LogP contribution in [-0.4, -0.2) is 38.7 Å². The van der Waals surface area contributed by atoms with Crippen molar-refractivity contribution in [3.63, 3.8) is 0 Å². The van der Waals surface area contributed by atoms with Crippen molar-refractivity contribution in [2.75, 3.05) is 11.9 Å². The Balaban J connectivity index is 1.66. The van der Waals surface area contributed by atoms with Crippen LogP contribution in [0.1, 0.15) is 12.0 Å². The summed E-state index contributed by atoms with van der Waals surface area (Å²) in [6.45, 7) is 2.46. The SMILES string of the molecule is Cc1ccnc(-c2[nH]c3c(F)cc(F)cc3c2-c2nnc(N[C@H]3CCNC3=O)o2)c1. The molecular weight excluding hydrogens is 394 g/mol. The van der Waals surface area contributed by atoms with Gasteiger partial charge in [0.25, 0.3) is 5.89 Å². The number of carbonyl (C=O) groups excluding carboxylic acids is 1. The van der Waals surface area contributed by atoms with Crippen molar-refractivity contribution in [1.29, 1.82) is 0 Å². The van der Waals surface area contributed by atoms with Crippen molar-refractivity contribution >= 4 is 22.8 Å². The number of hydrogen-bond donors (Lipinski definition) is 3. The van der Waals surface area contributed by atoms with Gasteiger partial charge in [0.05, 0.1) is 22.5 Å². The second-order valence-corrected chi connectivity index (χ2v) is 7.09. The molecule has 1 aliphatic rings. The Morgan fingerprint density at radius 2 is 2.10 bits per heavy atom. The zero-order valence-corrected chi connectivity index (χ0v) is 15.8. The molecule has 152 valence electrons. The van der Waals surface area contributed by atoms with Gasteiger partial charge in [-0.25, -0.2) is 8.78 Å². The molecule has 1 amide bonds. The minimum atomic E-state index is -0.745. The monoisotopic (exact) mass is 410 g/mol. The Morgan fingerprint density at radius 1 is 1.23 bits per heavy atom. The van der Waals surface area contributed by atoms with Crippen LogP contribution < -0.4 is 10.6 Å². The predicted octanol–water partition coefficient (Wildman–Crippen LogP) is 3.17. The van der Waals surface area contributed by atoms with E-state index in [0.29, 0.717) is 29.9 Å². The zero-order valence-electron chi connectivity index (χ0n) is 15.8. The fourth-order valence-corrected chi connectivity index (χ4v) is 3.57. The first-order chi connectivity index (χ1) is 14.5. The number of aryl methyl sites for hydroxylation is 1. The summed E-state index contributed by atoms with van der Waals surface area (Å²) in [5.74, 6) is -1.59. The van der Waals surface area contributed by atoms with Crippen molar-refractivity contribution in [3.05, 3.63) is 47.7 Å². The van der Waals surface area contributed by atoms with Gasteiger partial charge in [-0.2, -0.15) is 0 Å². The van der Waals surface area contributed by atoms with Crippen LogP contribution in [0.2, 0.25) is 0 Å². The molecular formula is C20H16F2N6O2. The van der Waals surface area contributed by atoms with Crippen molar-refractivity contribution in [2.24, 2.45) is 0 Å². The first-order valence-electron chi connectivity index (χ1n) is 9.31. The van der Waals surface area contributed by atoms with E-state index < -0.39 is 17.7 Å². The average Bonchev–Trinajstić information content (AvgIpc) is 3.41. The number of benzene rings is 1. The molecule has 3 aromatic heterocycles. The Hall–Kier alpha value is -3.82. The summed E-state index contributed by atoms with van der Waals surface area (Å²) < 4.78 is 34.2. The highest BCUT2D eigenvalue weighted by molar-refractivity contribution is 6.01. The van der Waals surface area contributed by atoms with E-state index in [1.165, 1.54) is 6.07 Å². The summed E-state index contributed by atoms with van der Waals surface area (Å²) in [6, 6.07) is 5.20. The van der Waals surface area contributed by atoms with Crippen LogP contribution in [0.5, 0.6) is 0 Å². The average molecular weight is 410 g/mol. The van der Waals surface area contributed by atoms with E-state index in [4.69, 9.17) is 4.42 Å². The molecule has 5 rings (SSSR count). The van der Waals surface area contributed by atoms with Gasteiger partial charge in [-0.3, -0.25) is 9.78 Å². The Labute approximate surface area is 168 Å². The number of aromatic amines is 1. The van der Waals surface area contributed by atoms with Gasteiger partial charge < -0.3 is 20.0 Å².